The predicted molar refractivity (Wildman–Crippen MR) is 86.5 cm³/mol. The van der Waals surface area contributed by atoms with Gasteiger partial charge in [0.1, 0.15) is 0 Å². The normalized spacial score (nSPS) is 10.7. The Morgan fingerprint density at radius 3 is 2.61 bits per heavy atom. The third kappa shape index (κ3) is 2.53. The number of aromatic nitrogens is 2. The van der Waals surface area contributed by atoms with Crippen molar-refractivity contribution in [2.45, 2.75) is 0 Å². The number of rotatable bonds is 2. The minimum Gasteiger partial charge on any atom is -0.465 e. The quantitative estimate of drug-likeness (QED) is 0.730. The summed E-state index contributed by atoms with van der Waals surface area (Å²) < 4.78 is 5.63. The van der Waals surface area contributed by atoms with E-state index in [0.29, 0.717) is 10.7 Å². The number of ether oxygens (including phenoxy) is 1. The van der Waals surface area contributed by atoms with Crippen LogP contribution in [0.25, 0.3) is 16.6 Å². The zero-order valence-corrected chi connectivity index (χ0v) is 12.8. The number of nitrogens with one attached hydrogen (secondary N) is 1. The van der Waals surface area contributed by atoms with Crippen molar-refractivity contribution in [1.29, 1.82) is 0 Å². The van der Waals surface area contributed by atoms with Gasteiger partial charge in [0.25, 0.3) is 5.56 Å². The maximum Gasteiger partial charge on any atom is 0.340 e. The Balaban J connectivity index is 2.39. The summed E-state index contributed by atoms with van der Waals surface area (Å²) in [6.07, 6.45) is 0. The molecule has 1 aromatic heterocycles. The lowest BCUT2D eigenvalue weighted by Gasteiger charge is -2.08. The molecule has 0 unspecified atom stereocenters. The van der Waals surface area contributed by atoms with Crippen LogP contribution in [0.15, 0.2) is 52.1 Å². The van der Waals surface area contributed by atoms with Gasteiger partial charge in [-0.05, 0) is 30.3 Å². The average Bonchev–Trinajstić information content (AvgIpc) is 2.54. The van der Waals surface area contributed by atoms with Crippen LogP contribution in [-0.2, 0) is 4.74 Å². The van der Waals surface area contributed by atoms with Crippen molar-refractivity contribution in [3.05, 3.63) is 73.9 Å². The van der Waals surface area contributed by atoms with E-state index < -0.39 is 17.2 Å². The van der Waals surface area contributed by atoms with E-state index in [4.69, 9.17) is 11.6 Å². The highest BCUT2D eigenvalue weighted by atomic mass is 35.5. The highest BCUT2D eigenvalue weighted by Crippen LogP contribution is 2.15. The van der Waals surface area contributed by atoms with Crippen molar-refractivity contribution in [3.8, 4) is 5.69 Å². The Morgan fingerprint density at radius 1 is 1.17 bits per heavy atom. The number of aromatic amines is 1. The number of carbonyl (C=O) groups excluding carboxylic acids is 1. The molecule has 0 radical (unpaired) electrons. The Kier molecular flexibility index (Phi) is 3.75. The van der Waals surface area contributed by atoms with Gasteiger partial charge in [0.15, 0.2) is 0 Å². The van der Waals surface area contributed by atoms with Crippen LogP contribution in [-0.4, -0.2) is 22.6 Å². The summed E-state index contributed by atoms with van der Waals surface area (Å²) in [7, 11) is 1.23. The molecule has 0 aliphatic heterocycles. The molecule has 7 heteroatoms. The molecule has 1 heterocycles. The molecule has 0 atom stereocenters. The van der Waals surface area contributed by atoms with Crippen LogP contribution < -0.4 is 11.2 Å². The van der Waals surface area contributed by atoms with Crippen LogP contribution in [0.3, 0.4) is 0 Å². The molecule has 0 spiro atoms. The molecule has 3 aromatic rings. The van der Waals surface area contributed by atoms with Crippen LogP contribution in [0.1, 0.15) is 10.4 Å². The van der Waals surface area contributed by atoms with E-state index in [1.54, 1.807) is 24.3 Å². The summed E-state index contributed by atoms with van der Waals surface area (Å²) in [5.41, 5.74) is -0.600. The van der Waals surface area contributed by atoms with Crippen molar-refractivity contribution >= 4 is 28.5 Å². The van der Waals surface area contributed by atoms with Gasteiger partial charge in [0, 0.05) is 5.02 Å². The van der Waals surface area contributed by atoms with E-state index >= 15 is 0 Å². The molecule has 23 heavy (non-hydrogen) atoms. The first kappa shape index (κ1) is 15.1. The first-order valence-electron chi connectivity index (χ1n) is 6.65. The zero-order chi connectivity index (χ0) is 16.6. The summed E-state index contributed by atoms with van der Waals surface area (Å²) >= 11 is 5.91. The van der Waals surface area contributed by atoms with Gasteiger partial charge in [-0.2, -0.15) is 0 Å². The van der Waals surface area contributed by atoms with Crippen LogP contribution in [0.4, 0.5) is 0 Å². The summed E-state index contributed by atoms with van der Waals surface area (Å²) in [5.74, 6) is -0.633. The molecule has 6 nitrogen and oxygen atoms in total. The minimum absolute atomic E-state index is 0.123. The lowest BCUT2D eigenvalue weighted by molar-refractivity contribution is 0.0602. The lowest BCUT2D eigenvalue weighted by Crippen LogP contribution is -2.34. The number of hydrogen-bond acceptors (Lipinski definition) is 4. The number of fused-ring (bicyclic) bond motifs is 1. The number of esters is 1. The van der Waals surface area contributed by atoms with Gasteiger partial charge in [0.2, 0.25) is 0 Å². The topological polar surface area (TPSA) is 81.2 Å². The van der Waals surface area contributed by atoms with Crippen molar-refractivity contribution in [3.63, 3.8) is 0 Å². The number of methoxy groups -OCH3 is 1. The van der Waals surface area contributed by atoms with Gasteiger partial charge >= 0.3 is 11.7 Å². The summed E-state index contributed by atoms with van der Waals surface area (Å²) in [5, 5.41) is 0.602. The molecule has 0 bridgehead atoms. The molecule has 3 rings (SSSR count). The van der Waals surface area contributed by atoms with Crippen LogP contribution in [0.5, 0.6) is 0 Å². The molecule has 1 N–H and O–H groups in total. The molecule has 2 aromatic carbocycles. The number of carbonyl (C=O) groups is 1. The Bertz CT molecular complexity index is 1040. The van der Waals surface area contributed by atoms with Crippen molar-refractivity contribution in [2.24, 2.45) is 0 Å². The maximum absolute atomic E-state index is 12.7. The average molecular weight is 331 g/mol. The van der Waals surface area contributed by atoms with Gasteiger partial charge in [-0.25, -0.2) is 14.2 Å². The minimum atomic E-state index is -0.666. The van der Waals surface area contributed by atoms with Crippen molar-refractivity contribution in [2.75, 3.05) is 7.11 Å². The highest BCUT2D eigenvalue weighted by molar-refractivity contribution is 6.30. The van der Waals surface area contributed by atoms with Gasteiger partial charge in [-0.15, -0.1) is 0 Å². The summed E-state index contributed by atoms with van der Waals surface area (Å²) in [4.78, 5) is 39.4. The smallest absolute Gasteiger partial charge is 0.340 e. The van der Waals surface area contributed by atoms with E-state index in [-0.39, 0.29) is 16.5 Å². The number of H-pyrrole nitrogens is 1. The highest BCUT2D eigenvalue weighted by Gasteiger charge is 2.16. The second-order valence-corrected chi connectivity index (χ2v) is 5.21. The molecule has 0 fully saturated rings. The number of nitrogens with zero attached hydrogens (tertiary/aromatic N) is 1. The number of hydrogen-bond donors (Lipinski definition) is 1. The fourth-order valence-electron chi connectivity index (χ4n) is 2.37. The second-order valence-electron chi connectivity index (χ2n) is 4.77. The standard InChI is InChI=1S/C16H11ClN2O4/c1-23-15(21)12-7-3-6-11-13(12)18-16(22)19(14(11)20)10-5-2-4-9(17)8-10/h2-8H,1H3,(H,18,22). The molecule has 0 aliphatic rings. The lowest BCUT2D eigenvalue weighted by atomic mass is 10.1. The monoisotopic (exact) mass is 330 g/mol. The van der Waals surface area contributed by atoms with Gasteiger partial charge in [0.05, 0.1) is 29.3 Å². The van der Waals surface area contributed by atoms with E-state index in [2.05, 4.69) is 9.72 Å². The molecular formula is C16H11ClN2O4. The van der Waals surface area contributed by atoms with Gasteiger partial charge in [-0.3, -0.25) is 4.79 Å². The van der Waals surface area contributed by atoms with E-state index in [1.807, 2.05) is 0 Å². The second kappa shape index (κ2) is 5.73. The SMILES string of the molecule is COC(=O)c1cccc2c(=O)n(-c3cccc(Cl)c3)c(=O)[nH]c12. The van der Waals surface area contributed by atoms with Gasteiger partial charge < -0.3 is 9.72 Å². The maximum atomic E-state index is 12.7. The molecular weight excluding hydrogens is 320 g/mol. The fraction of sp³-hybridized carbons (Fsp3) is 0.0625. The summed E-state index contributed by atoms with van der Waals surface area (Å²) in [6, 6.07) is 10.9. The Hall–Kier alpha value is -2.86. The molecule has 0 saturated heterocycles. The molecule has 116 valence electrons. The number of para-hydroxylation sites is 1. The van der Waals surface area contributed by atoms with Gasteiger partial charge in [-0.1, -0.05) is 23.7 Å². The van der Waals surface area contributed by atoms with E-state index in [0.717, 1.165) is 4.57 Å². The summed E-state index contributed by atoms with van der Waals surface area (Å²) in [6.45, 7) is 0. The van der Waals surface area contributed by atoms with Crippen molar-refractivity contribution in [1.82, 2.24) is 9.55 Å². The Labute approximate surface area is 134 Å². The Morgan fingerprint density at radius 2 is 1.91 bits per heavy atom. The number of benzene rings is 2. The molecule has 0 amide bonds. The third-order valence-corrected chi connectivity index (χ3v) is 3.64. The number of halogens is 1. The van der Waals surface area contributed by atoms with E-state index in [9.17, 15) is 14.4 Å². The van der Waals surface area contributed by atoms with E-state index in [1.165, 1.54) is 25.3 Å². The molecule has 0 aliphatic carbocycles. The van der Waals surface area contributed by atoms with Crippen LogP contribution >= 0.6 is 11.6 Å². The van der Waals surface area contributed by atoms with Crippen molar-refractivity contribution < 1.29 is 9.53 Å². The van der Waals surface area contributed by atoms with Crippen LogP contribution in [0, 0.1) is 0 Å². The largest absolute Gasteiger partial charge is 0.465 e. The predicted octanol–water partition coefficient (Wildman–Crippen LogP) is 2.12. The first-order chi connectivity index (χ1) is 11.0. The zero-order valence-electron chi connectivity index (χ0n) is 12.0. The van der Waals surface area contributed by atoms with Crippen LogP contribution in [0.2, 0.25) is 5.02 Å². The molecule has 0 saturated carbocycles. The third-order valence-electron chi connectivity index (χ3n) is 3.40. The fourth-order valence-corrected chi connectivity index (χ4v) is 2.56. The first-order valence-corrected chi connectivity index (χ1v) is 7.03.